The second-order valence-electron chi connectivity index (χ2n) is 7.21. The second-order valence-corrected chi connectivity index (χ2v) is 8.09. The molecule has 6 heteroatoms. The van der Waals surface area contributed by atoms with Crippen molar-refractivity contribution in [2.45, 2.75) is 37.6 Å². The summed E-state index contributed by atoms with van der Waals surface area (Å²) in [5.41, 5.74) is 5.46. The van der Waals surface area contributed by atoms with Crippen LogP contribution in [-0.2, 0) is 0 Å². The highest BCUT2D eigenvalue weighted by atomic mass is 32.1. The summed E-state index contributed by atoms with van der Waals surface area (Å²) < 4.78 is 1.11. The number of fused-ring (bicyclic) bond motifs is 2. The van der Waals surface area contributed by atoms with Crippen molar-refractivity contribution in [3.63, 3.8) is 0 Å². The summed E-state index contributed by atoms with van der Waals surface area (Å²) in [5, 5.41) is 3.22. The number of aromatic nitrogens is 3. The van der Waals surface area contributed by atoms with Crippen LogP contribution in [0.2, 0.25) is 0 Å². The van der Waals surface area contributed by atoms with E-state index in [1.165, 1.54) is 0 Å². The quantitative estimate of drug-likeness (QED) is 0.548. The zero-order valence-corrected chi connectivity index (χ0v) is 15.6. The van der Waals surface area contributed by atoms with Gasteiger partial charge in [-0.25, -0.2) is 9.97 Å². The average Bonchev–Trinajstić information content (AvgIpc) is 3.34. The molecule has 1 fully saturated rings. The molecule has 1 aliphatic rings. The lowest BCUT2D eigenvalue weighted by atomic mass is 9.85. The molecule has 0 unspecified atom stereocenters. The van der Waals surface area contributed by atoms with E-state index in [0.717, 1.165) is 52.8 Å². The minimum absolute atomic E-state index is 0.0137. The topological polar surface area (TPSA) is 70.7 Å². The molecule has 0 saturated heterocycles. The molecule has 0 bridgehead atoms. The summed E-state index contributed by atoms with van der Waals surface area (Å²) in [5.74, 6) is 1.39. The van der Waals surface area contributed by atoms with Crippen molar-refractivity contribution in [3.8, 4) is 0 Å². The number of aromatic amines is 1. The van der Waals surface area contributed by atoms with E-state index in [1.807, 2.05) is 41.9 Å². The van der Waals surface area contributed by atoms with Gasteiger partial charge in [0.1, 0.15) is 5.82 Å². The van der Waals surface area contributed by atoms with Gasteiger partial charge in [0.05, 0.1) is 26.8 Å². The Morgan fingerprint density at radius 1 is 1.15 bits per heavy atom. The van der Waals surface area contributed by atoms with Crippen LogP contribution in [-0.4, -0.2) is 26.9 Å². The van der Waals surface area contributed by atoms with Gasteiger partial charge in [-0.15, -0.1) is 11.3 Å². The first-order valence-electron chi connectivity index (χ1n) is 9.35. The molecule has 0 radical (unpaired) electrons. The largest absolute Gasteiger partial charge is 0.349 e. The molecule has 5 rings (SSSR count). The monoisotopic (exact) mass is 376 g/mol. The smallest absolute Gasteiger partial charge is 0.251 e. The molecule has 5 nitrogen and oxygen atoms in total. The summed E-state index contributed by atoms with van der Waals surface area (Å²) in [6.45, 7) is 0. The summed E-state index contributed by atoms with van der Waals surface area (Å²) >= 11 is 1.59. The predicted octanol–water partition coefficient (Wildman–Crippen LogP) is 4.63. The van der Waals surface area contributed by atoms with Crippen LogP contribution in [0.15, 0.2) is 48.0 Å². The second kappa shape index (κ2) is 6.78. The van der Waals surface area contributed by atoms with Crippen LogP contribution >= 0.6 is 11.3 Å². The van der Waals surface area contributed by atoms with Gasteiger partial charge >= 0.3 is 0 Å². The first kappa shape index (κ1) is 16.4. The molecule has 1 amide bonds. The van der Waals surface area contributed by atoms with Crippen LogP contribution in [0.1, 0.15) is 47.8 Å². The van der Waals surface area contributed by atoms with Crippen molar-refractivity contribution in [1.82, 2.24) is 20.3 Å². The number of hydrogen-bond acceptors (Lipinski definition) is 4. The van der Waals surface area contributed by atoms with Crippen molar-refractivity contribution in [1.29, 1.82) is 0 Å². The molecule has 136 valence electrons. The molecule has 0 spiro atoms. The summed E-state index contributed by atoms with van der Waals surface area (Å²) in [6, 6.07) is 14.0. The number of rotatable bonds is 3. The molecule has 2 heterocycles. The number of hydrogen-bond donors (Lipinski definition) is 2. The number of nitrogens with zero attached hydrogens (tertiary/aromatic N) is 2. The number of imidazole rings is 1. The molecule has 27 heavy (non-hydrogen) atoms. The van der Waals surface area contributed by atoms with E-state index in [1.54, 1.807) is 11.3 Å². The van der Waals surface area contributed by atoms with Crippen LogP contribution in [0.3, 0.4) is 0 Å². The molecule has 2 aromatic heterocycles. The highest BCUT2D eigenvalue weighted by molar-refractivity contribution is 7.16. The Balaban J connectivity index is 1.31. The third-order valence-corrected chi connectivity index (χ3v) is 6.21. The van der Waals surface area contributed by atoms with Crippen molar-refractivity contribution in [2.24, 2.45) is 0 Å². The van der Waals surface area contributed by atoms with Crippen molar-refractivity contribution < 1.29 is 4.79 Å². The fourth-order valence-corrected chi connectivity index (χ4v) is 4.66. The Morgan fingerprint density at radius 3 is 3.00 bits per heavy atom. The summed E-state index contributed by atoms with van der Waals surface area (Å²) in [7, 11) is 0. The fourth-order valence-electron chi connectivity index (χ4n) is 4.00. The van der Waals surface area contributed by atoms with E-state index in [4.69, 9.17) is 4.98 Å². The maximum absolute atomic E-state index is 12.7. The Morgan fingerprint density at radius 2 is 2.07 bits per heavy atom. The molecule has 2 atom stereocenters. The van der Waals surface area contributed by atoms with Gasteiger partial charge in [0.25, 0.3) is 5.91 Å². The number of para-hydroxylation sites is 2. The average molecular weight is 376 g/mol. The summed E-state index contributed by atoms with van der Waals surface area (Å²) in [4.78, 5) is 25.2. The van der Waals surface area contributed by atoms with Gasteiger partial charge in [0.2, 0.25) is 0 Å². The normalized spacial score (nSPS) is 20.1. The number of nitrogens with one attached hydrogen (secondary N) is 2. The molecule has 0 aliphatic heterocycles. The van der Waals surface area contributed by atoms with Gasteiger partial charge < -0.3 is 10.3 Å². The molecular weight excluding hydrogens is 356 g/mol. The van der Waals surface area contributed by atoms with E-state index < -0.39 is 0 Å². The maximum atomic E-state index is 12.7. The van der Waals surface area contributed by atoms with Crippen LogP contribution < -0.4 is 5.32 Å². The molecule has 4 aromatic rings. The third-order valence-electron chi connectivity index (χ3n) is 5.40. The number of thiazole rings is 1. The number of benzene rings is 2. The number of carbonyl (C=O) groups is 1. The molecule has 2 aromatic carbocycles. The zero-order valence-electron chi connectivity index (χ0n) is 14.8. The standard InChI is InChI=1S/C21H20N4OS/c26-21(14-8-9-19-18(11-14)22-12-27-19)23-15-5-3-4-13(10-15)20-24-16-6-1-2-7-17(16)25-20/h1-2,6-9,11-13,15H,3-5,10H2,(H,23,26)(H,24,25)/t13-,15+/m0/s1. The van der Waals surface area contributed by atoms with Crippen LogP contribution in [0, 0.1) is 0 Å². The lowest BCUT2D eigenvalue weighted by molar-refractivity contribution is 0.0925. The zero-order chi connectivity index (χ0) is 18.2. The predicted molar refractivity (Wildman–Crippen MR) is 108 cm³/mol. The van der Waals surface area contributed by atoms with Crippen LogP contribution in [0.4, 0.5) is 0 Å². The highest BCUT2D eigenvalue weighted by Crippen LogP contribution is 2.32. The SMILES string of the molecule is O=C(N[C@@H]1CCC[C@H](c2nc3ccccc3[nH]2)C1)c1ccc2scnc2c1. The fraction of sp³-hybridized carbons (Fsp3) is 0.286. The van der Waals surface area contributed by atoms with E-state index >= 15 is 0 Å². The van der Waals surface area contributed by atoms with Gasteiger partial charge in [-0.3, -0.25) is 4.79 Å². The minimum Gasteiger partial charge on any atom is -0.349 e. The Labute approximate surface area is 160 Å². The van der Waals surface area contributed by atoms with Crippen molar-refractivity contribution in [3.05, 3.63) is 59.4 Å². The van der Waals surface area contributed by atoms with Gasteiger partial charge in [-0.05, 0) is 49.6 Å². The first-order valence-corrected chi connectivity index (χ1v) is 10.2. The third kappa shape index (κ3) is 3.21. The van der Waals surface area contributed by atoms with Crippen LogP contribution in [0.25, 0.3) is 21.3 Å². The van der Waals surface area contributed by atoms with E-state index in [2.05, 4.69) is 21.4 Å². The Kier molecular flexibility index (Phi) is 4.13. The maximum Gasteiger partial charge on any atom is 0.251 e. The van der Waals surface area contributed by atoms with Gasteiger partial charge in [-0.1, -0.05) is 18.6 Å². The minimum atomic E-state index is -0.0137. The van der Waals surface area contributed by atoms with E-state index in [9.17, 15) is 4.79 Å². The van der Waals surface area contributed by atoms with Gasteiger partial charge in [0, 0.05) is 17.5 Å². The molecule has 1 aliphatic carbocycles. The molecule has 2 N–H and O–H groups in total. The molecule has 1 saturated carbocycles. The highest BCUT2D eigenvalue weighted by Gasteiger charge is 2.26. The molecular formula is C21H20N4OS. The first-order chi connectivity index (χ1) is 13.3. The number of carbonyl (C=O) groups excluding carboxylic acids is 1. The number of H-pyrrole nitrogens is 1. The van der Waals surface area contributed by atoms with E-state index in [-0.39, 0.29) is 11.9 Å². The Bertz CT molecular complexity index is 1080. The lowest BCUT2D eigenvalue weighted by Crippen LogP contribution is -2.38. The van der Waals surface area contributed by atoms with E-state index in [0.29, 0.717) is 11.5 Å². The van der Waals surface area contributed by atoms with Crippen molar-refractivity contribution >= 4 is 38.5 Å². The summed E-state index contributed by atoms with van der Waals surface area (Å²) in [6.07, 6.45) is 4.14. The van der Waals surface area contributed by atoms with Gasteiger partial charge in [-0.2, -0.15) is 0 Å². The van der Waals surface area contributed by atoms with Gasteiger partial charge in [0.15, 0.2) is 0 Å². The number of amides is 1. The van der Waals surface area contributed by atoms with Crippen molar-refractivity contribution in [2.75, 3.05) is 0 Å². The Hall–Kier alpha value is -2.73. The lowest BCUT2D eigenvalue weighted by Gasteiger charge is -2.28. The van der Waals surface area contributed by atoms with Crippen LogP contribution in [0.5, 0.6) is 0 Å².